The van der Waals surface area contributed by atoms with Crippen molar-refractivity contribution in [2.24, 2.45) is 0 Å². The van der Waals surface area contributed by atoms with Crippen molar-refractivity contribution >= 4 is 42.2 Å². The normalized spacial score (nSPS) is 14.0. The van der Waals surface area contributed by atoms with E-state index in [1.807, 2.05) is 0 Å². The molecule has 0 aliphatic rings. The van der Waals surface area contributed by atoms with E-state index in [1.54, 1.807) is 0 Å². The minimum Gasteiger partial charge on any atom is -0.382 e. The van der Waals surface area contributed by atoms with E-state index in [0.717, 1.165) is 12.2 Å². The first kappa shape index (κ1) is 25.2. The zero-order chi connectivity index (χ0) is 25.9. The summed E-state index contributed by atoms with van der Waals surface area (Å²) in [4.78, 5) is 23.4. The highest BCUT2D eigenvalue weighted by Gasteiger charge is 2.35. The van der Waals surface area contributed by atoms with Gasteiger partial charge in [0.2, 0.25) is 0 Å². The molecule has 0 atom stereocenters. The smallest absolute Gasteiger partial charge is 0.382 e. The van der Waals surface area contributed by atoms with E-state index in [-0.39, 0.29) is 47.9 Å². The van der Waals surface area contributed by atoms with Gasteiger partial charge in [0, 0.05) is 25.2 Å². The molecule has 0 aliphatic carbocycles. The molecule has 0 fully saturated rings. The highest BCUT2D eigenvalue weighted by Crippen LogP contribution is 2.40. The van der Waals surface area contributed by atoms with E-state index in [9.17, 15) is 22.1 Å². The summed E-state index contributed by atoms with van der Waals surface area (Å²) in [6.07, 6.45) is -1.00. The lowest BCUT2D eigenvalue weighted by Gasteiger charge is -2.16. The number of fused-ring (bicyclic) bond motifs is 2. The van der Waals surface area contributed by atoms with Gasteiger partial charge in [-0.05, 0) is 0 Å². The molecule has 0 amide bonds. The fourth-order valence-electron chi connectivity index (χ4n) is 2.98. The summed E-state index contributed by atoms with van der Waals surface area (Å²) in [5.41, 5.74) is 12.4. The number of rotatable bonds is 10. The molecule has 4 heterocycles. The number of nitrogens with zero attached hydrogens (tertiary/aromatic N) is 8. The Hall–Kier alpha value is -3.95. The van der Waals surface area contributed by atoms with Gasteiger partial charge in [-0.1, -0.05) is 12.2 Å². The molecule has 0 spiro atoms. The van der Waals surface area contributed by atoms with Crippen LogP contribution in [0.4, 0.5) is 29.2 Å². The number of hydrogen-bond donors (Lipinski definition) is 2. The quantitative estimate of drug-likeness (QED) is 0.176. The van der Waals surface area contributed by atoms with E-state index >= 15 is 0 Å². The molecule has 4 rings (SSSR count). The third-order valence-corrected chi connectivity index (χ3v) is 5.40. The summed E-state index contributed by atoms with van der Waals surface area (Å²) >= 11 is 0. The van der Waals surface area contributed by atoms with Gasteiger partial charge >= 0.3 is 20.5 Å². The van der Waals surface area contributed by atoms with E-state index in [1.165, 1.54) is 34.4 Å². The van der Waals surface area contributed by atoms with E-state index in [4.69, 9.17) is 11.5 Å². The number of alkyl halides is 4. The summed E-state index contributed by atoms with van der Waals surface area (Å²) in [5, 5.41) is 0. The predicted molar refractivity (Wildman–Crippen MR) is 119 cm³/mol. The molecular formula is C18H17F4N10O3P. The van der Waals surface area contributed by atoms with Crippen molar-refractivity contribution in [2.45, 2.75) is 25.3 Å². The Balaban J connectivity index is 1.31. The summed E-state index contributed by atoms with van der Waals surface area (Å²) in [6.45, 7) is -0.293. The van der Waals surface area contributed by atoms with Crippen molar-refractivity contribution in [3.63, 3.8) is 0 Å². The molecule has 0 saturated carbocycles. The van der Waals surface area contributed by atoms with Crippen LogP contribution in [-0.2, 0) is 26.7 Å². The molecule has 190 valence electrons. The van der Waals surface area contributed by atoms with Gasteiger partial charge in [-0.25, -0.2) is 39.0 Å². The Kier molecular flexibility index (Phi) is 6.96. The summed E-state index contributed by atoms with van der Waals surface area (Å²) in [6, 6.07) is 0. The molecule has 18 heteroatoms. The molecule has 4 aromatic heterocycles. The minimum absolute atomic E-state index is 0.110. The van der Waals surface area contributed by atoms with Crippen LogP contribution in [0.5, 0.6) is 0 Å². The first-order chi connectivity index (χ1) is 17.0. The van der Waals surface area contributed by atoms with E-state index in [2.05, 4.69) is 39.0 Å². The van der Waals surface area contributed by atoms with Crippen LogP contribution in [0.3, 0.4) is 0 Å². The lowest BCUT2D eigenvalue weighted by atomic mass is 10.4. The van der Waals surface area contributed by atoms with Gasteiger partial charge in [-0.15, -0.1) is 0 Å². The number of imidazole rings is 2. The van der Waals surface area contributed by atoms with Crippen LogP contribution in [0.1, 0.15) is 0 Å². The number of nitrogen functional groups attached to an aromatic ring is 2. The Bertz CT molecular complexity index is 1360. The Morgan fingerprint density at radius 2 is 1.19 bits per heavy atom. The van der Waals surface area contributed by atoms with Gasteiger partial charge in [0.25, 0.3) is 0 Å². The third-order valence-electron chi connectivity index (χ3n) is 4.53. The average Bonchev–Trinajstić information content (AvgIpc) is 3.39. The number of hydrogen-bond acceptors (Lipinski definition) is 11. The lowest BCUT2D eigenvalue weighted by molar-refractivity contribution is -0.168. The number of halogens is 4. The van der Waals surface area contributed by atoms with Gasteiger partial charge in [-0.3, -0.25) is 4.57 Å². The average molecular weight is 528 g/mol. The van der Waals surface area contributed by atoms with E-state index in [0.29, 0.717) is 11.3 Å². The summed E-state index contributed by atoms with van der Waals surface area (Å²) in [5.74, 6) is 0.221. The molecule has 0 aliphatic heterocycles. The van der Waals surface area contributed by atoms with Crippen molar-refractivity contribution < 1.29 is 31.2 Å². The molecule has 0 unspecified atom stereocenters. The van der Waals surface area contributed by atoms with Crippen molar-refractivity contribution in [1.29, 1.82) is 0 Å². The van der Waals surface area contributed by atoms with Crippen molar-refractivity contribution in [1.82, 2.24) is 39.0 Å². The molecule has 0 saturated heterocycles. The molecule has 36 heavy (non-hydrogen) atoms. The van der Waals surface area contributed by atoms with Crippen LogP contribution in [0.25, 0.3) is 22.3 Å². The summed E-state index contributed by atoms with van der Waals surface area (Å²) in [7, 11) is -4.31. The molecule has 0 radical (unpaired) electrons. The Morgan fingerprint density at radius 1 is 0.778 bits per heavy atom. The lowest BCUT2D eigenvalue weighted by Crippen LogP contribution is -2.18. The minimum atomic E-state index is -4.31. The van der Waals surface area contributed by atoms with E-state index < -0.39 is 20.5 Å². The zero-order valence-corrected chi connectivity index (χ0v) is 19.0. The van der Waals surface area contributed by atoms with Crippen LogP contribution >= 0.6 is 8.25 Å². The topological polar surface area (TPSA) is 175 Å². The highest BCUT2D eigenvalue weighted by atomic mass is 31.1. The highest BCUT2D eigenvalue weighted by molar-refractivity contribution is 7.33. The Labute approximate surface area is 199 Å². The molecule has 4 N–H and O–H groups in total. The fraction of sp³-hybridized carbons (Fsp3) is 0.222. The second kappa shape index (κ2) is 9.96. The van der Waals surface area contributed by atoms with Crippen LogP contribution in [0.2, 0.25) is 0 Å². The first-order valence-electron chi connectivity index (χ1n) is 9.90. The second-order valence-corrected chi connectivity index (χ2v) is 7.95. The van der Waals surface area contributed by atoms with Crippen LogP contribution in [0, 0.1) is 0 Å². The molecule has 13 nitrogen and oxygen atoms in total. The number of nitrogens with two attached hydrogens (primary N) is 2. The van der Waals surface area contributed by atoms with Gasteiger partial charge < -0.3 is 20.6 Å². The van der Waals surface area contributed by atoms with Crippen LogP contribution in [0.15, 0.2) is 49.6 Å². The maximum absolute atomic E-state index is 13.9. The number of aromatic nitrogens is 8. The number of allylic oxidation sites excluding steroid dienone is 2. The van der Waals surface area contributed by atoms with Crippen LogP contribution in [-0.4, -0.2) is 51.3 Å². The van der Waals surface area contributed by atoms with Crippen molar-refractivity contribution in [3.8, 4) is 0 Å². The van der Waals surface area contributed by atoms with Gasteiger partial charge in [0.1, 0.15) is 23.7 Å². The van der Waals surface area contributed by atoms with Gasteiger partial charge in [0.15, 0.2) is 22.9 Å². The standard InChI is InChI=1S/C18H17F4N10O3P/c19-17(20,3-1-5-31-9-29-11-13(23)25-7-27-15(11)31)34-36(33)35-18(21,22)4-2-6-32-10-30-12-14(24)26-8-28-16(12)32/h1-4,7-10,36H,5-6H2,(H2,23,25,27)(H2,24,26,28). The van der Waals surface area contributed by atoms with Crippen LogP contribution < -0.4 is 11.5 Å². The fourth-order valence-corrected chi connectivity index (χ4v) is 3.60. The zero-order valence-electron chi connectivity index (χ0n) is 18.0. The van der Waals surface area contributed by atoms with Gasteiger partial charge in [-0.2, -0.15) is 17.6 Å². The summed E-state index contributed by atoms with van der Waals surface area (Å²) < 4.78 is 78.0. The number of anilines is 2. The van der Waals surface area contributed by atoms with Gasteiger partial charge in [0.05, 0.1) is 12.7 Å². The maximum atomic E-state index is 13.9. The molecule has 0 bridgehead atoms. The largest absolute Gasteiger partial charge is 0.383 e. The molecular weight excluding hydrogens is 511 g/mol. The molecule has 0 aromatic carbocycles. The predicted octanol–water partition coefficient (Wildman–Crippen LogP) is 2.55. The maximum Gasteiger partial charge on any atom is 0.383 e. The monoisotopic (exact) mass is 528 g/mol. The third kappa shape index (κ3) is 5.81. The molecule has 4 aromatic rings. The second-order valence-electron chi connectivity index (χ2n) is 7.04. The Morgan fingerprint density at radius 3 is 1.61 bits per heavy atom. The first-order valence-corrected chi connectivity index (χ1v) is 11.1. The van der Waals surface area contributed by atoms with Crippen molar-refractivity contribution in [3.05, 3.63) is 49.6 Å². The SMILES string of the molecule is Nc1ncnc2c1ncn2CC=CC(F)(F)O[PH](=O)OC(F)(F)C=CCn1cnc2c(N)ncnc21. The van der Waals surface area contributed by atoms with Crippen molar-refractivity contribution in [2.75, 3.05) is 11.5 Å².